The Bertz CT molecular complexity index is 1100. The predicted octanol–water partition coefficient (Wildman–Crippen LogP) is 3.18. The molecule has 152 valence electrons. The van der Waals surface area contributed by atoms with E-state index in [0.717, 1.165) is 10.9 Å². The molecule has 4 rings (SSSR count). The zero-order valence-electron chi connectivity index (χ0n) is 16.3. The third kappa shape index (κ3) is 4.12. The minimum atomic E-state index is -3.51. The van der Waals surface area contributed by atoms with Crippen LogP contribution >= 0.6 is 0 Å². The van der Waals surface area contributed by atoms with E-state index in [1.165, 1.54) is 0 Å². The van der Waals surface area contributed by atoms with Gasteiger partial charge in [0, 0.05) is 41.8 Å². The van der Waals surface area contributed by atoms with Crippen molar-refractivity contribution in [3.63, 3.8) is 0 Å². The van der Waals surface area contributed by atoms with Crippen LogP contribution < -0.4 is 4.72 Å². The van der Waals surface area contributed by atoms with Crippen molar-refractivity contribution in [2.75, 3.05) is 13.1 Å². The molecule has 0 radical (unpaired) electrons. The third-order valence-corrected chi connectivity index (χ3v) is 7.22. The Balaban J connectivity index is 1.38. The number of sulfonamides is 1. The summed E-state index contributed by atoms with van der Waals surface area (Å²) in [7, 11) is -3.51. The van der Waals surface area contributed by atoms with Crippen LogP contribution in [0.4, 0.5) is 0 Å². The van der Waals surface area contributed by atoms with Crippen LogP contribution in [-0.2, 0) is 10.0 Å². The highest BCUT2D eigenvalue weighted by molar-refractivity contribution is 7.89. The number of nitrogens with zero attached hydrogens (tertiary/aromatic N) is 1. The molecule has 0 amide bonds. The second-order valence-corrected chi connectivity index (χ2v) is 9.25. The molecule has 1 aliphatic heterocycles. The first-order valence-corrected chi connectivity index (χ1v) is 11.4. The molecule has 1 saturated heterocycles. The zero-order valence-corrected chi connectivity index (χ0v) is 17.2. The van der Waals surface area contributed by atoms with E-state index in [-0.39, 0.29) is 22.8 Å². The van der Waals surface area contributed by atoms with Gasteiger partial charge in [-0.1, -0.05) is 36.4 Å². The van der Waals surface area contributed by atoms with Crippen molar-refractivity contribution in [2.45, 2.75) is 36.7 Å². The van der Waals surface area contributed by atoms with Crippen molar-refractivity contribution in [3.8, 4) is 0 Å². The number of rotatable bonds is 6. The summed E-state index contributed by atoms with van der Waals surface area (Å²) in [6.07, 6.45) is 3.14. The van der Waals surface area contributed by atoms with E-state index >= 15 is 0 Å². The summed E-state index contributed by atoms with van der Waals surface area (Å²) in [5, 5.41) is 0.940. The molecule has 7 heteroatoms. The summed E-state index contributed by atoms with van der Waals surface area (Å²) in [5.74, 6) is 0.0887. The fraction of sp³-hybridized carbons (Fsp3) is 0.318. The van der Waals surface area contributed by atoms with Crippen LogP contribution in [0.1, 0.15) is 30.1 Å². The number of aromatic amines is 1. The van der Waals surface area contributed by atoms with E-state index in [1.54, 1.807) is 36.5 Å². The number of aromatic nitrogens is 1. The van der Waals surface area contributed by atoms with Gasteiger partial charge in [0.25, 0.3) is 0 Å². The van der Waals surface area contributed by atoms with E-state index in [9.17, 15) is 13.2 Å². The molecule has 3 aromatic rings. The fourth-order valence-corrected chi connectivity index (χ4v) is 5.28. The van der Waals surface area contributed by atoms with E-state index < -0.39 is 10.0 Å². The van der Waals surface area contributed by atoms with E-state index in [4.69, 9.17) is 0 Å². The monoisotopic (exact) mass is 411 g/mol. The Morgan fingerprint density at radius 3 is 2.45 bits per heavy atom. The van der Waals surface area contributed by atoms with Crippen LogP contribution in [0.3, 0.4) is 0 Å². The van der Waals surface area contributed by atoms with Gasteiger partial charge in [-0.25, -0.2) is 13.1 Å². The molecule has 2 aromatic carbocycles. The molecule has 2 N–H and O–H groups in total. The molecule has 1 unspecified atom stereocenters. The van der Waals surface area contributed by atoms with Gasteiger partial charge in [-0.15, -0.1) is 0 Å². The molecule has 1 atom stereocenters. The summed E-state index contributed by atoms with van der Waals surface area (Å²) in [4.78, 5) is 18.6. The van der Waals surface area contributed by atoms with Gasteiger partial charge < -0.3 is 4.98 Å². The number of nitrogens with one attached hydrogen (secondary N) is 2. The van der Waals surface area contributed by atoms with Gasteiger partial charge in [-0.2, -0.15) is 0 Å². The number of para-hydroxylation sites is 1. The SMILES string of the molecule is CC(C(=O)c1c[nH]c2ccccc12)N1CCC(NS(=O)(=O)c2ccccc2)CC1. The highest BCUT2D eigenvalue weighted by Crippen LogP contribution is 2.23. The Morgan fingerprint density at radius 1 is 1.07 bits per heavy atom. The van der Waals surface area contributed by atoms with Crippen LogP contribution in [0.2, 0.25) is 0 Å². The topological polar surface area (TPSA) is 82.3 Å². The Labute approximate surface area is 171 Å². The minimum absolute atomic E-state index is 0.0887. The van der Waals surface area contributed by atoms with Gasteiger partial charge in [0.05, 0.1) is 10.9 Å². The first-order chi connectivity index (χ1) is 14.0. The molecule has 2 heterocycles. The number of fused-ring (bicyclic) bond motifs is 1. The van der Waals surface area contributed by atoms with Crippen molar-refractivity contribution >= 4 is 26.7 Å². The van der Waals surface area contributed by atoms with Crippen molar-refractivity contribution in [1.82, 2.24) is 14.6 Å². The number of ketones is 1. The second kappa shape index (κ2) is 8.10. The van der Waals surface area contributed by atoms with Gasteiger partial charge in [0.2, 0.25) is 10.0 Å². The minimum Gasteiger partial charge on any atom is -0.360 e. The molecule has 0 aliphatic carbocycles. The number of H-pyrrole nitrogens is 1. The first kappa shape index (κ1) is 19.8. The molecule has 1 aromatic heterocycles. The summed E-state index contributed by atoms with van der Waals surface area (Å²) in [5.41, 5.74) is 1.66. The lowest BCUT2D eigenvalue weighted by atomic mass is 9.99. The maximum Gasteiger partial charge on any atom is 0.240 e. The number of benzene rings is 2. The summed E-state index contributed by atoms with van der Waals surface area (Å²) >= 11 is 0. The van der Waals surface area contributed by atoms with E-state index in [2.05, 4.69) is 14.6 Å². The molecule has 1 aliphatic rings. The van der Waals surface area contributed by atoms with Crippen LogP contribution in [0.5, 0.6) is 0 Å². The van der Waals surface area contributed by atoms with Gasteiger partial charge in [0.15, 0.2) is 5.78 Å². The van der Waals surface area contributed by atoms with Gasteiger partial charge in [0.1, 0.15) is 0 Å². The lowest BCUT2D eigenvalue weighted by Gasteiger charge is -2.35. The fourth-order valence-electron chi connectivity index (χ4n) is 3.96. The number of Topliss-reactive ketones (excluding diaryl/α,β-unsaturated/α-hetero) is 1. The van der Waals surface area contributed by atoms with Gasteiger partial charge in [-0.05, 0) is 38.0 Å². The van der Waals surface area contributed by atoms with Crippen LogP contribution in [-0.4, -0.2) is 49.3 Å². The van der Waals surface area contributed by atoms with Crippen molar-refractivity contribution < 1.29 is 13.2 Å². The van der Waals surface area contributed by atoms with Gasteiger partial charge in [-0.3, -0.25) is 9.69 Å². The van der Waals surface area contributed by atoms with Crippen molar-refractivity contribution in [1.29, 1.82) is 0 Å². The summed E-state index contributed by atoms with van der Waals surface area (Å²) in [6.45, 7) is 3.28. The number of hydrogen-bond donors (Lipinski definition) is 2. The smallest absolute Gasteiger partial charge is 0.240 e. The average Bonchev–Trinajstić information content (AvgIpc) is 3.18. The third-order valence-electron chi connectivity index (χ3n) is 5.69. The Hall–Kier alpha value is -2.48. The molecular formula is C22H25N3O3S. The van der Waals surface area contributed by atoms with Crippen LogP contribution in [0, 0.1) is 0 Å². The lowest BCUT2D eigenvalue weighted by Crippen LogP contribution is -2.49. The number of likely N-dealkylation sites (tertiary alicyclic amines) is 1. The van der Waals surface area contributed by atoms with E-state index in [0.29, 0.717) is 31.5 Å². The molecule has 0 saturated carbocycles. The molecule has 0 spiro atoms. The number of hydrogen-bond acceptors (Lipinski definition) is 4. The van der Waals surface area contributed by atoms with Crippen molar-refractivity contribution in [3.05, 3.63) is 66.4 Å². The number of carbonyl (C=O) groups is 1. The first-order valence-electron chi connectivity index (χ1n) is 9.87. The molecular weight excluding hydrogens is 386 g/mol. The second-order valence-electron chi connectivity index (χ2n) is 7.53. The molecule has 6 nitrogen and oxygen atoms in total. The van der Waals surface area contributed by atoms with E-state index in [1.807, 2.05) is 31.2 Å². The Kier molecular flexibility index (Phi) is 5.54. The largest absolute Gasteiger partial charge is 0.360 e. The predicted molar refractivity (Wildman–Crippen MR) is 113 cm³/mol. The standard InChI is InChI=1S/C22H25N3O3S/c1-16(22(26)20-15-23-21-10-6-5-9-19(20)21)25-13-11-17(12-14-25)24-29(27,28)18-7-3-2-4-8-18/h2-10,15-17,23-24H,11-14H2,1H3. The van der Waals surface area contributed by atoms with Crippen molar-refractivity contribution in [2.24, 2.45) is 0 Å². The lowest BCUT2D eigenvalue weighted by molar-refractivity contribution is 0.0795. The zero-order chi connectivity index (χ0) is 20.4. The number of piperidine rings is 1. The average molecular weight is 412 g/mol. The highest BCUT2D eigenvalue weighted by atomic mass is 32.2. The quantitative estimate of drug-likeness (QED) is 0.611. The maximum atomic E-state index is 13.0. The molecule has 1 fully saturated rings. The number of carbonyl (C=O) groups excluding carboxylic acids is 1. The van der Waals surface area contributed by atoms with Crippen LogP contribution in [0.25, 0.3) is 10.9 Å². The van der Waals surface area contributed by atoms with Crippen LogP contribution in [0.15, 0.2) is 65.7 Å². The molecule has 0 bridgehead atoms. The highest BCUT2D eigenvalue weighted by Gasteiger charge is 2.30. The van der Waals surface area contributed by atoms with Gasteiger partial charge >= 0.3 is 0 Å². The Morgan fingerprint density at radius 2 is 1.72 bits per heavy atom. The maximum absolute atomic E-state index is 13.0. The summed E-state index contributed by atoms with van der Waals surface area (Å²) in [6, 6.07) is 15.8. The molecule has 29 heavy (non-hydrogen) atoms. The normalized spacial score (nSPS) is 17.4. The summed E-state index contributed by atoms with van der Waals surface area (Å²) < 4.78 is 27.9.